The van der Waals surface area contributed by atoms with Crippen LogP contribution in [0.1, 0.15) is 38.2 Å². The van der Waals surface area contributed by atoms with Gasteiger partial charge in [-0.25, -0.2) is 29.3 Å². The van der Waals surface area contributed by atoms with Gasteiger partial charge in [-0.05, 0) is 39.0 Å². The normalized spacial score (nSPS) is 14.0. The molecule has 0 amide bonds. The van der Waals surface area contributed by atoms with Gasteiger partial charge in [0.1, 0.15) is 37.3 Å². The summed E-state index contributed by atoms with van der Waals surface area (Å²) < 4.78 is 15.0. The molecule has 0 radical (unpaired) electrons. The van der Waals surface area contributed by atoms with E-state index in [-0.39, 0.29) is 71.5 Å². The van der Waals surface area contributed by atoms with Gasteiger partial charge in [0.15, 0.2) is 17.5 Å². The van der Waals surface area contributed by atoms with Gasteiger partial charge in [-0.1, -0.05) is 0 Å². The maximum Gasteiger partial charge on any atom is 0.331 e. The van der Waals surface area contributed by atoms with Crippen LogP contribution < -0.4 is 0 Å². The maximum atomic E-state index is 11.5. The number of aromatic nitrogens is 3. The molecule has 0 aliphatic heterocycles. The van der Waals surface area contributed by atoms with E-state index in [1.54, 1.807) is 0 Å². The minimum absolute atomic E-state index is 0.0169. The Labute approximate surface area is 224 Å². The molecule has 1 heterocycles. The van der Waals surface area contributed by atoms with E-state index in [9.17, 15) is 29.7 Å². The Kier molecular flexibility index (Phi) is 13.7. The van der Waals surface area contributed by atoms with E-state index in [0.29, 0.717) is 0 Å². The van der Waals surface area contributed by atoms with Crippen LogP contribution in [0.4, 0.5) is 0 Å². The van der Waals surface area contributed by atoms with E-state index in [1.165, 1.54) is 60.3 Å². The number of ether oxygens (including phenoxy) is 3. The van der Waals surface area contributed by atoms with Gasteiger partial charge in [0, 0.05) is 38.0 Å². The molecule has 0 atom stereocenters. The lowest BCUT2D eigenvalue weighted by Gasteiger charge is -2.10. The average Bonchev–Trinajstić information content (AvgIpc) is 2.90. The first-order valence-electron chi connectivity index (χ1n) is 11.1. The highest BCUT2D eigenvalue weighted by Gasteiger charge is 2.19. The van der Waals surface area contributed by atoms with Crippen LogP contribution in [0.5, 0.6) is 0 Å². The third-order valence-corrected chi connectivity index (χ3v) is 4.49. The van der Waals surface area contributed by atoms with Crippen LogP contribution >= 0.6 is 0 Å². The van der Waals surface area contributed by atoms with Crippen molar-refractivity contribution in [2.45, 2.75) is 20.8 Å². The first-order valence-corrected chi connectivity index (χ1v) is 11.1. The molecular formula is C24H30N6O9. The fraction of sp³-hybridized carbons (Fsp3) is 0.375. The number of carboxylic acids is 3. The van der Waals surface area contributed by atoms with Crippen LogP contribution in [0.15, 0.2) is 49.9 Å². The van der Waals surface area contributed by atoms with Crippen LogP contribution in [0.2, 0.25) is 0 Å². The number of rotatable bonds is 15. The number of nitrogens with zero attached hydrogens (tertiary/aromatic N) is 6. The quantitative estimate of drug-likeness (QED) is 0.208. The number of hydrogen-bond donors (Lipinski definition) is 3. The van der Waals surface area contributed by atoms with E-state index in [0.717, 1.165) is 0 Å². The van der Waals surface area contributed by atoms with Gasteiger partial charge >= 0.3 is 17.9 Å². The molecule has 3 N–H and O–H groups in total. The van der Waals surface area contributed by atoms with E-state index in [1.807, 2.05) is 0 Å². The standard InChI is InChI=1S/C24H30N6O9/c1-13(22(31)32)7-16(25-10-37-4)19-28-20(17(26-11-38-5)8-14(2)23(33)34)30-21(29-19)18(27-12-39-6)9-15(3)24(35)36/h7-9H,10-12H2,1-6H3,(H,31,32)(H,33,34)(H,35,36)/b13-7+,14-8+,15-9+,25-16?,26-17?,27-18?. The summed E-state index contributed by atoms with van der Waals surface area (Å²) in [5.41, 5.74) is -0.348. The third kappa shape index (κ3) is 10.8. The number of carbonyl (C=O) groups is 3. The summed E-state index contributed by atoms with van der Waals surface area (Å²) in [4.78, 5) is 60.1. The largest absolute Gasteiger partial charge is 0.478 e. The topological polar surface area (TPSA) is 215 Å². The highest BCUT2D eigenvalue weighted by Crippen LogP contribution is 2.10. The molecule has 0 aromatic carbocycles. The van der Waals surface area contributed by atoms with Gasteiger partial charge in [-0.3, -0.25) is 15.0 Å². The van der Waals surface area contributed by atoms with Crippen LogP contribution in [0, 0.1) is 0 Å². The molecule has 39 heavy (non-hydrogen) atoms. The Hall–Kier alpha value is -4.47. The molecule has 1 aromatic rings. The summed E-state index contributed by atoms with van der Waals surface area (Å²) in [7, 11) is 4.13. The van der Waals surface area contributed by atoms with Crippen LogP contribution in [0.3, 0.4) is 0 Å². The summed E-state index contributed by atoms with van der Waals surface area (Å²) >= 11 is 0. The number of aliphatic carboxylic acids is 3. The summed E-state index contributed by atoms with van der Waals surface area (Å²) in [6, 6.07) is 0. The highest BCUT2D eigenvalue weighted by atomic mass is 16.5. The van der Waals surface area contributed by atoms with Gasteiger partial charge in [-0.15, -0.1) is 0 Å². The number of hydrogen-bond acceptors (Lipinski definition) is 12. The van der Waals surface area contributed by atoms with Crippen LogP contribution in [-0.4, -0.2) is 107 Å². The maximum absolute atomic E-state index is 11.5. The number of methoxy groups -OCH3 is 3. The Balaban J connectivity index is 4.17. The van der Waals surface area contributed by atoms with Crippen molar-refractivity contribution in [2.24, 2.45) is 15.0 Å². The second-order valence-electron chi connectivity index (χ2n) is 7.59. The minimum atomic E-state index is -1.22. The fourth-order valence-electron chi connectivity index (χ4n) is 2.47. The molecule has 1 rings (SSSR count). The first-order chi connectivity index (χ1) is 18.4. The lowest BCUT2D eigenvalue weighted by molar-refractivity contribution is -0.133. The molecule has 0 fully saturated rings. The molecule has 0 spiro atoms. The molecule has 15 nitrogen and oxygen atoms in total. The van der Waals surface area contributed by atoms with Crippen LogP contribution in [0.25, 0.3) is 0 Å². The predicted octanol–water partition coefficient (Wildman–Crippen LogP) is 1.14. The zero-order valence-electron chi connectivity index (χ0n) is 22.3. The zero-order valence-corrected chi connectivity index (χ0v) is 22.3. The summed E-state index contributed by atoms with van der Waals surface area (Å²) in [6.07, 6.45) is 3.62. The monoisotopic (exact) mass is 546 g/mol. The molecule has 1 aromatic heterocycles. The molecule has 0 bridgehead atoms. The number of aliphatic imine (C=N–C) groups is 3. The Bertz CT molecular complexity index is 1100. The van der Waals surface area contributed by atoms with Crippen molar-refractivity contribution in [3.8, 4) is 0 Å². The molecule has 0 unspecified atom stereocenters. The highest BCUT2D eigenvalue weighted by molar-refractivity contribution is 6.14. The lowest BCUT2D eigenvalue weighted by Crippen LogP contribution is -2.20. The average molecular weight is 547 g/mol. The number of carboxylic acid groups (broad SMARTS) is 3. The summed E-state index contributed by atoms with van der Waals surface area (Å²) in [5.74, 6) is -4.11. The van der Waals surface area contributed by atoms with Gasteiger partial charge in [-0.2, -0.15) is 0 Å². The van der Waals surface area contributed by atoms with Gasteiger partial charge < -0.3 is 29.5 Å². The lowest BCUT2D eigenvalue weighted by atomic mass is 10.1. The summed E-state index contributed by atoms with van der Waals surface area (Å²) in [6.45, 7) is 3.47. The van der Waals surface area contributed by atoms with Gasteiger partial charge in [0.05, 0.1) is 0 Å². The van der Waals surface area contributed by atoms with Crippen molar-refractivity contribution in [2.75, 3.05) is 41.5 Å². The Morgan fingerprint density at radius 1 is 0.590 bits per heavy atom. The molecule has 0 saturated carbocycles. The molecule has 15 heteroatoms. The van der Waals surface area contributed by atoms with Gasteiger partial charge in [0.2, 0.25) is 0 Å². The second kappa shape index (κ2) is 16.4. The molecule has 0 aliphatic carbocycles. The van der Waals surface area contributed by atoms with E-state index in [4.69, 9.17) is 14.2 Å². The van der Waals surface area contributed by atoms with Crippen LogP contribution in [-0.2, 0) is 28.6 Å². The van der Waals surface area contributed by atoms with E-state index >= 15 is 0 Å². The predicted molar refractivity (Wildman–Crippen MR) is 139 cm³/mol. The smallest absolute Gasteiger partial charge is 0.331 e. The SMILES string of the molecule is COCN=C(/C=C(\C)C(=O)O)c1nc(C(/C=C(\C)C(=O)O)=NCOC)nc(C(/C=C(\C)C(=O)O)=NCOC)n1. The Morgan fingerprint density at radius 3 is 1.00 bits per heavy atom. The molecule has 0 aliphatic rings. The molecule has 0 saturated heterocycles. The van der Waals surface area contributed by atoms with Crippen molar-refractivity contribution in [1.82, 2.24) is 15.0 Å². The first kappa shape index (κ1) is 32.6. The van der Waals surface area contributed by atoms with Crippen molar-refractivity contribution in [1.29, 1.82) is 0 Å². The van der Waals surface area contributed by atoms with E-state index < -0.39 is 17.9 Å². The zero-order chi connectivity index (χ0) is 29.5. The summed E-state index contributed by atoms with van der Waals surface area (Å²) in [5, 5.41) is 28.2. The second-order valence-corrected chi connectivity index (χ2v) is 7.59. The minimum Gasteiger partial charge on any atom is -0.478 e. The van der Waals surface area contributed by atoms with Crippen molar-refractivity contribution < 1.29 is 43.9 Å². The third-order valence-electron chi connectivity index (χ3n) is 4.49. The molecule has 210 valence electrons. The van der Waals surface area contributed by atoms with E-state index in [2.05, 4.69) is 29.9 Å². The fourth-order valence-corrected chi connectivity index (χ4v) is 2.47. The Morgan fingerprint density at radius 2 is 0.821 bits per heavy atom. The van der Waals surface area contributed by atoms with Crippen molar-refractivity contribution in [3.63, 3.8) is 0 Å². The van der Waals surface area contributed by atoms with Gasteiger partial charge in [0.25, 0.3) is 0 Å². The number of allylic oxidation sites excluding steroid dienone is 3. The van der Waals surface area contributed by atoms with Crippen molar-refractivity contribution >= 4 is 35.0 Å². The van der Waals surface area contributed by atoms with Crippen molar-refractivity contribution in [3.05, 3.63) is 52.4 Å². The molecular weight excluding hydrogens is 516 g/mol.